The van der Waals surface area contributed by atoms with Crippen LogP contribution in [0.1, 0.15) is 16.7 Å². The molecule has 1 N–H and O–H groups in total. The smallest absolute Gasteiger partial charge is 0.419 e. The van der Waals surface area contributed by atoms with Crippen LogP contribution in [-0.2, 0) is 17.5 Å². The molecule has 0 radical (unpaired) electrons. The summed E-state index contributed by atoms with van der Waals surface area (Å²) < 4.78 is 46.2. The van der Waals surface area contributed by atoms with E-state index in [2.05, 4.69) is 4.98 Å². The molecule has 0 amide bonds. The van der Waals surface area contributed by atoms with Gasteiger partial charge in [0.2, 0.25) is 0 Å². The van der Waals surface area contributed by atoms with Gasteiger partial charge < -0.3 is 14.4 Å². The molecule has 3 aromatic rings. The molecule has 0 bridgehead atoms. The van der Waals surface area contributed by atoms with Crippen molar-refractivity contribution < 1.29 is 27.8 Å². The molecule has 2 aromatic heterocycles. The van der Waals surface area contributed by atoms with Crippen LogP contribution in [0.2, 0.25) is 0 Å². The van der Waals surface area contributed by atoms with Gasteiger partial charge in [0.25, 0.3) is 0 Å². The SMILES string of the molecule is COc1ccc(Cn2cc(/C=C(\C#N)C(=O)O)c3cccnc32)cc1C(F)(F)F. The fourth-order valence-corrected chi connectivity index (χ4v) is 2.95. The lowest BCUT2D eigenvalue weighted by Gasteiger charge is -2.14. The van der Waals surface area contributed by atoms with E-state index in [4.69, 9.17) is 15.1 Å². The zero-order chi connectivity index (χ0) is 21.2. The molecule has 0 aliphatic rings. The molecule has 9 heteroatoms. The second-order valence-corrected chi connectivity index (χ2v) is 6.09. The number of benzene rings is 1. The van der Waals surface area contributed by atoms with E-state index in [0.29, 0.717) is 22.2 Å². The summed E-state index contributed by atoms with van der Waals surface area (Å²) >= 11 is 0. The maximum absolute atomic E-state index is 13.3. The highest BCUT2D eigenvalue weighted by Crippen LogP contribution is 2.37. The number of halogens is 3. The number of rotatable bonds is 5. The van der Waals surface area contributed by atoms with Gasteiger partial charge >= 0.3 is 12.1 Å². The van der Waals surface area contributed by atoms with Crippen molar-refractivity contribution in [2.75, 3.05) is 7.11 Å². The molecule has 3 rings (SSSR count). The Morgan fingerprint density at radius 1 is 1.38 bits per heavy atom. The molecule has 0 spiro atoms. The molecule has 0 atom stereocenters. The minimum Gasteiger partial charge on any atom is -0.496 e. The Kier molecular flexibility index (Phi) is 5.28. The Hall–Kier alpha value is -3.80. The Bertz CT molecular complexity index is 1160. The van der Waals surface area contributed by atoms with Gasteiger partial charge in [0.1, 0.15) is 23.0 Å². The van der Waals surface area contributed by atoms with Gasteiger partial charge in [0, 0.05) is 29.9 Å². The summed E-state index contributed by atoms with van der Waals surface area (Å²) in [6, 6.07) is 8.70. The fraction of sp³-hybridized carbons (Fsp3) is 0.150. The van der Waals surface area contributed by atoms with E-state index < -0.39 is 23.3 Å². The van der Waals surface area contributed by atoms with Crippen molar-refractivity contribution in [3.05, 3.63) is 65.0 Å². The predicted molar refractivity (Wildman–Crippen MR) is 98.1 cm³/mol. The molecule has 6 nitrogen and oxygen atoms in total. The van der Waals surface area contributed by atoms with Gasteiger partial charge in [-0.3, -0.25) is 0 Å². The first-order valence-electron chi connectivity index (χ1n) is 8.27. The maximum atomic E-state index is 13.3. The number of methoxy groups -OCH3 is 1. The van der Waals surface area contributed by atoms with Gasteiger partial charge in [-0.2, -0.15) is 18.4 Å². The van der Waals surface area contributed by atoms with Crippen molar-refractivity contribution in [3.63, 3.8) is 0 Å². The third kappa shape index (κ3) is 4.06. The Labute approximate surface area is 163 Å². The van der Waals surface area contributed by atoms with E-state index in [1.54, 1.807) is 29.0 Å². The first-order valence-corrected chi connectivity index (χ1v) is 8.27. The second kappa shape index (κ2) is 7.67. The minimum absolute atomic E-state index is 0.0589. The molecule has 0 aliphatic heterocycles. The number of alkyl halides is 3. The lowest BCUT2D eigenvalue weighted by Crippen LogP contribution is -2.09. The van der Waals surface area contributed by atoms with E-state index in [-0.39, 0.29) is 12.3 Å². The molecular weight excluding hydrogens is 387 g/mol. The van der Waals surface area contributed by atoms with Crippen LogP contribution < -0.4 is 4.74 Å². The highest BCUT2D eigenvalue weighted by molar-refractivity contribution is 5.99. The van der Waals surface area contributed by atoms with Gasteiger partial charge in [-0.05, 0) is 35.9 Å². The number of aliphatic carboxylic acids is 1. The van der Waals surface area contributed by atoms with Gasteiger partial charge in [-0.1, -0.05) is 6.07 Å². The number of nitriles is 1. The second-order valence-electron chi connectivity index (χ2n) is 6.09. The summed E-state index contributed by atoms with van der Waals surface area (Å²) in [5.74, 6) is -1.65. The minimum atomic E-state index is -4.57. The summed E-state index contributed by atoms with van der Waals surface area (Å²) in [6.45, 7) is 0.0589. The number of carboxylic acids is 1. The number of hydrogen-bond acceptors (Lipinski definition) is 4. The molecule has 0 fully saturated rings. The predicted octanol–water partition coefficient (Wildman–Crippen LogP) is 4.10. The molecule has 1 aromatic carbocycles. The zero-order valence-electron chi connectivity index (χ0n) is 15.1. The molecular formula is C20H14F3N3O3. The van der Waals surface area contributed by atoms with Crippen molar-refractivity contribution in [2.45, 2.75) is 12.7 Å². The van der Waals surface area contributed by atoms with Crippen molar-refractivity contribution >= 4 is 23.1 Å². The van der Waals surface area contributed by atoms with Crippen molar-refractivity contribution in [3.8, 4) is 11.8 Å². The zero-order valence-corrected chi connectivity index (χ0v) is 15.1. The lowest BCUT2D eigenvalue weighted by molar-refractivity contribution is -0.138. The van der Waals surface area contributed by atoms with Crippen LogP contribution in [0.3, 0.4) is 0 Å². The average molecular weight is 401 g/mol. The summed E-state index contributed by atoms with van der Waals surface area (Å²) in [5, 5.41) is 18.6. The van der Waals surface area contributed by atoms with Crippen LogP contribution in [0.25, 0.3) is 17.1 Å². The summed E-state index contributed by atoms with van der Waals surface area (Å²) in [4.78, 5) is 15.4. The van der Waals surface area contributed by atoms with E-state index in [9.17, 15) is 18.0 Å². The quantitative estimate of drug-likeness (QED) is 0.514. The fourth-order valence-electron chi connectivity index (χ4n) is 2.95. The van der Waals surface area contributed by atoms with E-state index in [0.717, 1.165) is 6.07 Å². The molecule has 0 saturated heterocycles. The molecule has 0 saturated carbocycles. The molecule has 2 heterocycles. The Morgan fingerprint density at radius 3 is 2.76 bits per heavy atom. The number of ether oxygens (including phenoxy) is 1. The number of nitrogens with zero attached hydrogens (tertiary/aromatic N) is 3. The third-order valence-corrected chi connectivity index (χ3v) is 4.24. The highest BCUT2D eigenvalue weighted by atomic mass is 19.4. The largest absolute Gasteiger partial charge is 0.496 e. The monoisotopic (exact) mass is 401 g/mol. The van der Waals surface area contributed by atoms with E-state index in [1.807, 2.05) is 0 Å². The van der Waals surface area contributed by atoms with Gasteiger partial charge in [-0.15, -0.1) is 0 Å². The summed E-state index contributed by atoms with van der Waals surface area (Å²) in [5.41, 5.74) is -0.117. The van der Waals surface area contributed by atoms with Crippen LogP contribution in [0.4, 0.5) is 13.2 Å². The normalized spacial score (nSPS) is 12.0. The Balaban J connectivity index is 2.09. The summed E-state index contributed by atoms with van der Waals surface area (Å²) in [7, 11) is 1.17. The van der Waals surface area contributed by atoms with Crippen molar-refractivity contribution in [1.29, 1.82) is 5.26 Å². The van der Waals surface area contributed by atoms with Crippen LogP contribution in [0.5, 0.6) is 5.75 Å². The first-order chi connectivity index (χ1) is 13.7. The van der Waals surface area contributed by atoms with Crippen molar-refractivity contribution in [2.24, 2.45) is 0 Å². The number of aromatic nitrogens is 2. The van der Waals surface area contributed by atoms with Crippen molar-refractivity contribution in [1.82, 2.24) is 9.55 Å². The highest BCUT2D eigenvalue weighted by Gasteiger charge is 2.34. The van der Waals surface area contributed by atoms with E-state index >= 15 is 0 Å². The third-order valence-electron chi connectivity index (χ3n) is 4.24. The number of hydrogen-bond donors (Lipinski definition) is 1. The molecule has 0 unspecified atom stereocenters. The lowest BCUT2D eigenvalue weighted by atomic mass is 10.1. The van der Waals surface area contributed by atoms with Gasteiger partial charge in [-0.25, -0.2) is 9.78 Å². The molecule has 0 aliphatic carbocycles. The van der Waals surface area contributed by atoms with Gasteiger partial charge in [0.15, 0.2) is 0 Å². The number of carboxylic acid groups (broad SMARTS) is 1. The van der Waals surface area contributed by atoms with Crippen LogP contribution in [-0.4, -0.2) is 27.7 Å². The standard InChI is InChI=1S/C20H14F3N3O3/c1-29-17-5-4-12(7-16(17)20(21,22)23)10-26-11-14(8-13(9-24)19(27)28)15-3-2-6-25-18(15)26/h2-8,11H,10H2,1H3,(H,27,28)/b13-8+. The Morgan fingerprint density at radius 2 is 2.14 bits per heavy atom. The average Bonchev–Trinajstić information content (AvgIpc) is 3.02. The maximum Gasteiger partial charge on any atom is 0.419 e. The first kappa shape index (κ1) is 19.9. The molecule has 29 heavy (non-hydrogen) atoms. The van der Waals surface area contributed by atoms with Crippen LogP contribution in [0, 0.1) is 11.3 Å². The van der Waals surface area contributed by atoms with Crippen LogP contribution >= 0.6 is 0 Å². The summed E-state index contributed by atoms with van der Waals surface area (Å²) in [6.07, 6.45) is -0.299. The molecule has 148 valence electrons. The van der Waals surface area contributed by atoms with Gasteiger partial charge in [0.05, 0.1) is 12.7 Å². The number of fused-ring (bicyclic) bond motifs is 1. The van der Waals surface area contributed by atoms with Crippen LogP contribution in [0.15, 0.2) is 48.3 Å². The number of pyridine rings is 1. The number of carbonyl (C=O) groups is 1. The topological polar surface area (TPSA) is 88.1 Å². The van der Waals surface area contributed by atoms with E-state index in [1.165, 1.54) is 31.5 Å².